The van der Waals surface area contributed by atoms with E-state index in [1.54, 1.807) is 0 Å². The van der Waals surface area contributed by atoms with Crippen LogP contribution in [0, 0.1) is 0 Å². The molecule has 0 spiro atoms. The standard InChI is InChI=1S/C8H9ClN2O2S/c1-13-8-3-6(9)10-7(11-8)2-5(12)4-14/h3,14H,2,4H2,1H3. The van der Waals surface area contributed by atoms with Crippen molar-refractivity contribution in [3.05, 3.63) is 17.0 Å². The first-order chi connectivity index (χ1) is 6.65. The molecule has 0 saturated carbocycles. The number of nitrogens with zero attached hydrogens (tertiary/aromatic N) is 2. The number of carbonyl (C=O) groups excluding carboxylic acids is 1. The van der Waals surface area contributed by atoms with Gasteiger partial charge in [0.25, 0.3) is 0 Å². The minimum absolute atomic E-state index is 0.0577. The topological polar surface area (TPSA) is 52.1 Å². The molecular weight excluding hydrogens is 224 g/mol. The second-order valence-electron chi connectivity index (χ2n) is 2.52. The summed E-state index contributed by atoms with van der Waals surface area (Å²) in [4.78, 5) is 18.9. The fraction of sp³-hybridized carbons (Fsp3) is 0.375. The van der Waals surface area contributed by atoms with E-state index in [-0.39, 0.29) is 23.1 Å². The van der Waals surface area contributed by atoms with E-state index in [2.05, 4.69) is 22.6 Å². The van der Waals surface area contributed by atoms with E-state index in [0.29, 0.717) is 11.7 Å². The van der Waals surface area contributed by atoms with Gasteiger partial charge in [-0.15, -0.1) is 0 Å². The number of carbonyl (C=O) groups is 1. The van der Waals surface area contributed by atoms with E-state index in [0.717, 1.165) is 0 Å². The summed E-state index contributed by atoms with van der Waals surface area (Å²) in [6.07, 6.45) is 0.125. The van der Waals surface area contributed by atoms with Crippen molar-refractivity contribution >= 4 is 30.0 Å². The lowest BCUT2D eigenvalue weighted by Gasteiger charge is -2.02. The van der Waals surface area contributed by atoms with Gasteiger partial charge in [-0.2, -0.15) is 17.6 Å². The number of ketones is 1. The lowest BCUT2D eigenvalue weighted by Crippen LogP contribution is -2.08. The van der Waals surface area contributed by atoms with Gasteiger partial charge in [0, 0.05) is 11.8 Å². The van der Waals surface area contributed by atoms with Gasteiger partial charge >= 0.3 is 0 Å². The summed E-state index contributed by atoms with van der Waals surface area (Å²) in [6.45, 7) is 0. The molecule has 1 rings (SSSR count). The first kappa shape index (κ1) is 11.3. The van der Waals surface area contributed by atoms with E-state index in [4.69, 9.17) is 16.3 Å². The summed E-state index contributed by atoms with van der Waals surface area (Å²) in [5.41, 5.74) is 0. The Labute approximate surface area is 92.1 Å². The molecule has 0 bridgehead atoms. The van der Waals surface area contributed by atoms with Gasteiger partial charge in [0.05, 0.1) is 13.5 Å². The lowest BCUT2D eigenvalue weighted by atomic mass is 10.3. The smallest absolute Gasteiger partial charge is 0.217 e. The number of hydrogen-bond acceptors (Lipinski definition) is 5. The summed E-state index contributed by atoms with van der Waals surface area (Å²) in [6, 6.07) is 1.48. The zero-order chi connectivity index (χ0) is 10.6. The maximum absolute atomic E-state index is 11.1. The summed E-state index contributed by atoms with van der Waals surface area (Å²) in [7, 11) is 1.48. The van der Waals surface area contributed by atoms with Crippen LogP contribution < -0.4 is 4.74 Å². The molecule has 0 amide bonds. The predicted octanol–water partition coefficient (Wildman–Crippen LogP) is 1.18. The maximum Gasteiger partial charge on any atom is 0.217 e. The van der Waals surface area contributed by atoms with Crippen LogP contribution >= 0.6 is 24.2 Å². The number of halogens is 1. The molecule has 1 heterocycles. The van der Waals surface area contributed by atoms with Crippen LogP contribution in [0.3, 0.4) is 0 Å². The van der Waals surface area contributed by atoms with Gasteiger partial charge in [-0.1, -0.05) is 11.6 Å². The van der Waals surface area contributed by atoms with Crippen molar-refractivity contribution in [1.29, 1.82) is 0 Å². The minimum atomic E-state index is -0.0577. The van der Waals surface area contributed by atoms with Gasteiger partial charge in [0.1, 0.15) is 16.8 Å². The Morgan fingerprint density at radius 1 is 1.64 bits per heavy atom. The minimum Gasteiger partial charge on any atom is -0.481 e. The highest BCUT2D eigenvalue weighted by molar-refractivity contribution is 7.81. The van der Waals surface area contributed by atoms with Gasteiger partial charge in [-0.05, 0) is 0 Å². The van der Waals surface area contributed by atoms with Crippen molar-refractivity contribution in [2.75, 3.05) is 12.9 Å². The van der Waals surface area contributed by atoms with Crippen LogP contribution in [0.5, 0.6) is 5.88 Å². The van der Waals surface area contributed by atoms with Gasteiger partial charge < -0.3 is 4.74 Å². The van der Waals surface area contributed by atoms with Gasteiger partial charge in [0.15, 0.2) is 0 Å². The maximum atomic E-state index is 11.1. The van der Waals surface area contributed by atoms with Gasteiger partial charge in [-0.3, -0.25) is 4.79 Å². The van der Waals surface area contributed by atoms with E-state index in [1.165, 1.54) is 13.2 Å². The Bertz CT molecular complexity index is 346. The highest BCUT2D eigenvalue weighted by Crippen LogP contribution is 2.13. The Kier molecular flexibility index (Phi) is 4.16. The fourth-order valence-corrected chi connectivity index (χ4v) is 1.16. The van der Waals surface area contributed by atoms with Crippen molar-refractivity contribution in [1.82, 2.24) is 9.97 Å². The highest BCUT2D eigenvalue weighted by Gasteiger charge is 2.07. The van der Waals surface area contributed by atoms with Crippen molar-refractivity contribution in [3.8, 4) is 5.88 Å². The van der Waals surface area contributed by atoms with Crippen LogP contribution in [0.4, 0.5) is 0 Å². The monoisotopic (exact) mass is 232 g/mol. The van der Waals surface area contributed by atoms with Gasteiger partial charge in [0.2, 0.25) is 5.88 Å². The number of thiol groups is 1. The Morgan fingerprint density at radius 3 is 2.93 bits per heavy atom. The number of hydrogen-bond donors (Lipinski definition) is 1. The van der Waals surface area contributed by atoms with Crippen molar-refractivity contribution < 1.29 is 9.53 Å². The molecule has 14 heavy (non-hydrogen) atoms. The van der Waals surface area contributed by atoms with Crippen LogP contribution in [0.15, 0.2) is 6.07 Å². The molecule has 4 nitrogen and oxygen atoms in total. The third kappa shape index (κ3) is 3.16. The van der Waals surface area contributed by atoms with Crippen LogP contribution in [0.25, 0.3) is 0 Å². The van der Waals surface area contributed by atoms with E-state index < -0.39 is 0 Å². The zero-order valence-corrected chi connectivity index (χ0v) is 9.18. The quantitative estimate of drug-likeness (QED) is 0.626. The largest absolute Gasteiger partial charge is 0.481 e. The first-order valence-electron chi connectivity index (χ1n) is 3.85. The fourth-order valence-electron chi connectivity index (χ4n) is 0.858. The number of Topliss-reactive ketones (excluding diaryl/α,β-unsaturated/α-hetero) is 1. The molecular formula is C8H9ClN2O2S. The highest BCUT2D eigenvalue weighted by atomic mass is 35.5. The van der Waals surface area contributed by atoms with Crippen molar-refractivity contribution in [2.45, 2.75) is 6.42 Å². The summed E-state index contributed by atoms with van der Waals surface area (Å²) in [5.74, 6) is 0.816. The molecule has 0 unspecified atom stereocenters. The molecule has 0 fully saturated rings. The number of ether oxygens (including phenoxy) is 1. The Morgan fingerprint density at radius 2 is 2.36 bits per heavy atom. The summed E-state index contributed by atoms with van der Waals surface area (Å²) < 4.78 is 4.88. The van der Waals surface area contributed by atoms with Crippen molar-refractivity contribution in [2.24, 2.45) is 0 Å². The normalized spacial score (nSPS) is 9.93. The molecule has 0 saturated heterocycles. The third-order valence-electron chi connectivity index (χ3n) is 1.46. The van der Waals surface area contributed by atoms with Crippen LogP contribution in [0.1, 0.15) is 5.82 Å². The van der Waals surface area contributed by atoms with Crippen LogP contribution in [-0.4, -0.2) is 28.6 Å². The van der Waals surface area contributed by atoms with E-state index >= 15 is 0 Å². The molecule has 76 valence electrons. The Hall–Kier alpha value is -0.810. The molecule has 0 aromatic carbocycles. The predicted molar refractivity (Wildman–Crippen MR) is 56.2 cm³/mol. The van der Waals surface area contributed by atoms with E-state index in [9.17, 15) is 4.79 Å². The second-order valence-corrected chi connectivity index (χ2v) is 3.23. The number of aromatic nitrogens is 2. The number of rotatable bonds is 4. The molecule has 0 radical (unpaired) electrons. The first-order valence-corrected chi connectivity index (χ1v) is 4.86. The van der Waals surface area contributed by atoms with Crippen LogP contribution in [-0.2, 0) is 11.2 Å². The van der Waals surface area contributed by atoms with E-state index in [1.807, 2.05) is 0 Å². The molecule has 1 aromatic rings. The molecule has 0 aliphatic rings. The van der Waals surface area contributed by atoms with Crippen molar-refractivity contribution in [3.63, 3.8) is 0 Å². The summed E-state index contributed by atoms with van der Waals surface area (Å²) >= 11 is 9.55. The summed E-state index contributed by atoms with van der Waals surface area (Å²) in [5, 5.41) is 0.263. The van der Waals surface area contributed by atoms with Gasteiger partial charge in [-0.25, -0.2) is 4.98 Å². The zero-order valence-electron chi connectivity index (χ0n) is 7.53. The molecule has 0 atom stereocenters. The molecule has 0 N–H and O–H groups in total. The number of methoxy groups -OCH3 is 1. The molecule has 6 heteroatoms. The van der Waals surface area contributed by atoms with Crippen LogP contribution in [0.2, 0.25) is 5.15 Å². The Balaban J connectivity index is 2.86. The molecule has 1 aromatic heterocycles. The second kappa shape index (κ2) is 5.17. The molecule has 0 aliphatic heterocycles. The average molecular weight is 233 g/mol. The SMILES string of the molecule is COc1cc(Cl)nc(CC(=O)CS)n1. The lowest BCUT2D eigenvalue weighted by molar-refractivity contribution is -0.116. The molecule has 0 aliphatic carbocycles. The average Bonchev–Trinajstić information content (AvgIpc) is 2.16. The third-order valence-corrected chi connectivity index (χ3v) is 2.00.